The van der Waals surface area contributed by atoms with E-state index in [9.17, 15) is 0 Å². The van der Waals surface area contributed by atoms with Crippen LogP contribution in [0.15, 0.2) is 18.2 Å². The molecule has 1 atom stereocenters. The molecule has 1 saturated heterocycles. The van der Waals surface area contributed by atoms with E-state index in [4.69, 9.17) is 16.3 Å². The molecule has 0 amide bonds. The molecule has 1 aromatic carbocycles. The third-order valence-electron chi connectivity index (χ3n) is 3.69. The second-order valence-electron chi connectivity index (χ2n) is 4.99. The van der Waals surface area contributed by atoms with Gasteiger partial charge >= 0.3 is 0 Å². The smallest absolute Gasteiger partial charge is 0.184 e. The number of nitrogens with zero attached hydrogens (tertiary/aromatic N) is 1. The summed E-state index contributed by atoms with van der Waals surface area (Å²) < 4.78 is 6.47. The fraction of sp³-hybridized carbons (Fsp3) is 0.500. The highest BCUT2D eigenvalue weighted by atomic mass is 35.5. The minimum Gasteiger partial charge on any atom is -0.381 e. The van der Waals surface area contributed by atoms with Gasteiger partial charge in [0.15, 0.2) is 5.13 Å². The topological polar surface area (TPSA) is 34.2 Å². The highest BCUT2D eigenvalue weighted by Gasteiger charge is 2.21. The number of thiazole rings is 1. The van der Waals surface area contributed by atoms with Crippen LogP contribution in [0.3, 0.4) is 0 Å². The summed E-state index contributed by atoms with van der Waals surface area (Å²) in [5.74, 6) is 0.663. The van der Waals surface area contributed by atoms with Gasteiger partial charge in [-0.2, -0.15) is 0 Å². The van der Waals surface area contributed by atoms with E-state index in [-0.39, 0.29) is 0 Å². The van der Waals surface area contributed by atoms with Gasteiger partial charge in [0.1, 0.15) is 0 Å². The molecular weight excluding hydrogens is 280 g/mol. The van der Waals surface area contributed by atoms with E-state index in [2.05, 4.69) is 17.2 Å². The Bertz CT molecular complexity index is 566. The minimum absolute atomic E-state index is 0.420. The molecular formula is C14H17ClN2OS. The number of rotatable bonds is 3. The predicted octanol–water partition coefficient (Wildman–Crippen LogP) is 4.18. The van der Waals surface area contributed by atoms with Crippen molar-refractivity contribution in [1.29, 1.82) is 0 Å². The molecule has 0 bridgehead atoms. The first-order valence-electron chi connectivity index (χ1n) is 6.63. The summed E-state index contributed by atoms with van der Waals surface area (Å²) in [6.07, 6.45) is 2.25. The lowest BCUT2D eigenvalue weighted by molar-refractivity contribution is 0.0622. The van der Waals surface area contributed by atoms with Crippen molar-refractivity contribution in [2.24, 2.45) is 5.92 Å². The van der Waals surface area contributed by atoms with E-state index in [1.54, 1.807) is 11.3 Å². The summed E-state index contributed by atoms with van der Waals surface area (Å²) in [5, 5.41) is 5.26. The highest BCUT2D eigenvalue weighted by molar-refractivity contribution is 7.22. The maximum atomic E-state index is 6.18. The van der Waals surface area contributed by atoms with Crippen LogP contribution in [0.4, 0.5) is 5.13 Å². The van der Waals surface area contributed by atoms with Gasteiger partial charge in [-0.1, -0.05) is 29.0 Å². The SMILES string of the molecule is CC(Nc1nc2cccc(Cl)c2s1)C1CCOCC1. The molecule has 102 valence electrons. The maximum Gasteiger partial charge on any atom is 0.184 e. The van der Waals surface area contributed by atoms with E-state index >= 15 is 0 Å². The number of fused-ring (bicyclic) bond motifs is 1. The summed E-state index contributed by atoms with van der Waals surface area (Å²) in [5.41, 5.74) is 0.971. The Balaban J connectivity index is 1.75. The number of hydrogen-bond donors (Lipinski definition) is 1. The van der Waals surface area contributed by atoms with Gasteiger partial charge in [0, 0.05) is 19.3 Å². The molecule has 1 unspecified atom stereocenters. The number of aromatic nitrogens is 1. The van der Waals surface area contributed by atoms with Gasteiger partial charge < -0.3 is 10.1 Å². The lowest BCUT2D eigenvalue weighted by Gasteiger charge is -2.28. The molecule has 1 N–H and O–H groups in total. The second-order valence-corrected chi connectivity index (χ2v) is 6.40. The molecule has 1 aromatic heterocycles. The number of nitrogens with one attached hydrogen (secondary N) is 1. The Morgan fingerprint density at radius 1 is 1.42 bits per heavy atom. The van der Waals surface area contributed by atoms with Crippen LogP contribution in [0.2, 0.25) is 5.02 Å². The predicted molar refractivity (Wildman–Crippen MR) is 81.3 cm³/mol. The summed E-state index contributed by atoms with van der Waals surface area (Å²) >= 11 is 7.81. The number of benzene rings is 1. The van der Waals surface area contributed by atoms with Crippen LogP contribution in [-0.4, -0.2) is 24.2 Å². The lowest BCUT2D eigenvalue weighted by atomic mass is 9.93. The molecule has 2 heterocycles. The van der Waals surface area contributed by atoms with Crippen LogP contribution in [-0.2, 0) is 4.74 Å². The van der Waals surface area contributed by atoms with E-state index in [1.807, 2.05) is 18.2 Å². The Morgan fingerprint density at radius 3 is 2.95 bits per heavy atom. The van der Waals surface area contributed by atoms with Crippen LogP contribution in [0.1, 0.15) is 19.8 Å². The fourth-order valence-electron chi connectivity index (χ4n) is 2.51. The van der Waals surface area contributed by atoms with Crippen molar-refractivity contribution in [2.75, 3.05) is 18.5 Å². The molecule has 0 radical (unpaired) electrons. The molecule has 3 nitrogen and oxygen atoms in total. The summed E-state index contributed by atoms with van der Waals surface area (Å²) in [6, 6.07) is 6.27. The van der Waals surface area contributed by atoms with Crippen LogP contribution >= 0.6 is 22.9 Å². The molecule has 1 aliphatic heterocycles. The van der Waals surface area contributed by atoms with E-state index < -0.39 is 0 Å². The van der Waals surface area contributed by atoms with Crippen molar-refractivity contribution in [3.05, 3.63) is 23.2 Å². The number of ether oxygens (including phenoxy) is 1. The van der Waals surface area contributed by atoms with Crippen LogP contribution in [0.5, 0.6) is 0 Å². The van der Waals surface area contributed by atoms with Gasteiger partial charge in [-0.15, -0.1) is 0 Å². The Kier molecular flexibility index (Phi) is 3.91. The van der Waals surface area contributed by atoms with Crippen molar-refractivity contribution in [3.8, 4) is 0 Å². The van der Waals surface area contributed by atoms with Crippen molar-refractivity contribution in [3.63, 3.8) is 0 Å². The van der Waals surface area contributed by atoms with Crippen molar-refractivity contribution in [1.82, 2.24) is 4.98 Å². The standard InChI is InChI=1S/C14H17ClN2OS/c1-9(10-5-7-18-8-6-10)16-14-17-12-4-2-3-11(15)13(12)19-14/h2-4,9-10H,5-8H2,1H3,(H,16,17). The molecule has 2 aromatic rings. The van der Waals surface area contributed by atoms with Gasteiger partial charge in [0.05, 0.1) is 15.2 Å². The Morgan fingerprint density at radius 2 is 2.21 bits per heavy atom. The second kappa shape index (κ2) is 5.65. The van der Waals surface area contributed by atoms with Crippen LogP contribution in [0.25, 0.3) is 10.2 Å². The Hall–Kier alpha value is -0.840. The first-order valence-corrected chi connectivity index (χ1v) is 7.83. The fourth-order valence-corrected chi connectivity index (χ4v) is 3.76. The van der Waals surface area contributed by atoms with Gasteiger partial charge in [-0.05, 0) is 37.8 Å². The lowest BCUT2D eigenvalue weighted by Crippen LogP contribution is -2.30. The quantitative estimate of drug-likeness (QED) is 0.923. The van der Waals surface area contributed by atoms with Crippen molar-refractivity contribution in [2.45, 2.75) is 25.8 Å². The molecule has 0 saturated carbocycles. The first kappa shape index (κ1) is 13.2. The van der Waals surface area contributed by atoms with E-state index in [0.29, 0.717) is 12.0 Å². The molecule has 1 fully saturated rings. The van der Waals surface area contributed by atoms with Crippen molar-refractivity contribution < 1.29 is 4.74 Å². The number of anilines is 1. The Labute approximate surface area is 121 Å². The molecule has 5 heteroatoms. The van der Waals surface area contributed by atoms with E-state index in [1.165, 1.54) is 0 Å². The molecule has 19 heavy (non-hydrogen) atoms. The molecule has 0 spiro atoms. The average molecular weight is 297 g/mol. The van der Waals surface area contributed by atoms with Gasteiger partial charge in [0.25, 0.3) is 0 Å². The average Bonchev–Trinajstić information content (AvgIpc) is 2.84. The monoisotopic (exact) mass is 296 g/mol. The van der Waals surface area contributed by atoms with Gasteiger partial charge in [-0.3, -0.25) is 0 Å². The summed E-state index contributed by atoms with van der Waals surface area (Å²) in [6.45, 7) is 3.98. The summed E-state index contributed by atoms with van der Waals surface area (Å²) in [7, 11) is 0. The molecule has 3 rings (SSSR count). The molecule has 0 aliphatic carbocycles. The largest absolute Gasteiger partial charge is 0.381 e. The number of hydrogen-bond acceptors (Lipinski definition) is 4. The normalized spacial score (nSPS) is 18.6. The summed E-state index contributed by atoms with van der Waals surface area (Å²) in [4.78, 5) is 4.60. The zero-order chi connectivity index (χ0) is 13.2. The highest BCUT2D eigenvalue weighted by Crippen LogP contribution is 2.33. The maximum absolute atomic E-state index is 6.18. The third kappa shape index (κ3) is 2.86. The third-order valence-corrected chi connectivity index (χ3v) is 5.15. The number of halogens is 1. The van der Waals surface area contributed by atoms with E-state index in [0.717, 1.165) is 46.4 Å². The zero-order valence-corrected chi connectivity index (χ0v) is 12.4. The van der Waals surface area contributed by atoms with Crippen molar-refractivity contribution >= 4 is 38.3 Å². The van der Waals surface area contributed by atoms with Gasteiger partial charge in [0.2, 0.25) is 0 Å². The molecule has 1 aliphatic rings. The minimum atomic E-state index is 0.420. The first-order chi connectivity index (χ1) is 9.24. The van der Waals surface area contributed by atoms with Gasteiger partial charge in [-0.25, -0.2) is 4.98 Å². The van der Waals surface area contributed by atoms with Crippen LogP contribution < -0.4 is 5.32 Å². The zero-order valence-electron chi connectivity index (χ0n) is 10.9. The van der Waals surface area contributed by atoms with Crippen LogP contribution in [0, 0.1) is 5.92 Å².